The third-order valence-corrected chi connectivity index (χ3v) is 3.90. The van der Waals surface area contributed by atoms with E-state index >= 15 is 0 Å². The van der Waals surface area contributed by atoms with Crippen molar-refractivity contribution in [3.63, 3.8) is 0 Å². The Hall–Kier alpha value is 0.319. The van der Waals surface area contributed by atoms with Crippen LogP contribution in [0.3, 0.4) is 0 Å². The Morgan fingerprint density at radius 2 is 1.64 bits per heavy atom. The van der Waals surface area contributed by atoms with E-state index in [0.29, 0.717) is 0 Å². The first kappa shape index (κ1) is 9.41. The minimum atomic E-state index is -0.350. The number of hydrogen-bond acceptors (Lipinski definition) is 0. The Morgan fingerprint density at radius 1 is 1.09 bits per heavy atom. The van der Waals surface area contributed by atoms with E-state index in [2.05, 4.69) is 16.0 Å². The van der Waals surface area contributed by atoms with Crippen molar-refractivity contribution in [1.82, 2.24) is 0 Å². The molecule has 3 heteroatoms. The summed E-state index contributed by atoms with van der Waals surface area (Å²) in [5.41, 5.74) is 1.16. The van der Waals surface area contributed by atoms with Crippen molar-refractivity contribution in [2.75, 3.05) is 0 Å². The molecule has 0 saturated heterocycles. The second-order valence-electron chi connectivity index (χ2n) is 2.19. The summed E-state index contributed by atoms with van der Waals surface area (Å²) in [5.74, 6) is 0. The molecule has 0 aliphatic heterocycles. The van der Waals surface area contributed by atoms with Gasteiger partial charge in [-0.25, -0.2) is 0 Å². The van der Waals surface area contributed by atoms with Crippen molar-refractivity contribution < 1.29 is 0 Å². The van der Waals surface area contributed by atoms with E-state index in [1.807, 2.05) is 30.3 Å². The zero-order valence-electron chi connectivity index (χ0n) is 5.74. The van der Waals surface area contributed by atoms with Crippen molar-refractivity contribution in [2.24, 2.45) is 0 Å². The summed E-state index contributed by atoms with van der Waals surface area (Å²) in [7, 11) is 0. The third kappa shape index (κ3) is 2.68. The molecule has 0 aromatic heterocycles. The van der Waals surface area contributed by atoms with Crippen molar-refractivity contribution in [3.8, 4) is 0 Å². The van der Waals surface area contributed by atoms with Crippen LogP contribution in [0.1, 0.15) is 10.4 Å². The molecule has 0 radical (unpaired) electrons. The van der Waals surface area contributed by atoms with Crippen LogP contribution in [0.25, 0.3) is 0 Å². The molecule has 0 aliphatic carbocycles. The average molecular weight is 254 g/mol. The normalized spacial score (nSPS) is 13.5. The van der Waals surface area contributed by atoms with E-state index in [0.717, 1.165) is 5.56 Å². The quantitative estimate of drug-likeness (QED) is 0.561. The molecule has 0 saturated carbocycles. The number of halogens is 2. The fourth-order valence-electron chi connectivity index (χ4n) is 0.796. The molecule has 0 fully saturated rings. The zero-order valence-corrected chi connectivity index (χ0v) is 9.13. The van der Waals surface area contributed by atoms with Gasteiger partial charge < -0.3 is 0 Å². The molecular weight excluding hydrogens is 246 g/mol. The SMILES string of the molecule is ClC(Cl)C([SeH])c1ccccc1. The molecule has 11 heavy (non-hydrogen) atoms. The van der Waals surface area contributed by atoms with Gasteiger partial charge in [-0.1, -0.05) is 0 Å². The van der Waals surface area contributed by atoms with Crippen LogP contribution >= 0.6 is 23.2 Å². The van der Waals surface area contributed by atoms with E-state index in [4.69, 9.17) is 23.2 Å². The Labute approximate surface area is 84.7 Å². The van der Waals surface area contributed by atoms with Gasteiger partial charge in [0, 0.05) is 0 Å². The van der Waals surface area contributed by atoms with Gasteiger partial charge >= 0.3 is 84.8 Å². The fraction of sp³-hybridized carbons (Fsp3) is 0.250. The number of hydrogen-bond donors (Lipinski definition) is 0. The van der Waals surface area contributed by atoms with E-state index in [1.54, 1.807) is 0 Å². The first-order chi connectivity index (χ1) is 5.22. The van der Waals surface area contributed by atoms with E-state index in [9.17, 15) is 0 Å². The van der Waals surface area contributed by atoms with Crippen molar-refractivity contribution >= 4 is 39.2 Å². The van der Waals surface area contributed by atoms with Gasteiger partial charge in [-0.2, -0.15) is 0 Å². The molecule has 1 aromatic carbocycles. The summed E-state index contributed by atoms with van der Waals surface area (Å²) >= 11 is 13.9. The monoisotopic (exact) mass is 254 g/mol. The van der Waals surface area contributed by atoms with Gasteiger partial charge in [0.25, 0.3) is 0 Å². The Kier molecular flexibility index (Phi) is 3.74. The van der Waals surface area contributed by atoms with Gasteiger partial charge in [0.2, 0.25) is 0 Å². The maximum absolute atomic E-state index is 5.71. The van der Waals surface area contributed by atoms with Gasteiger partial charge in [0.1, 0.15) is 0 Å². The Morgan fingerprint density at radius 3 is 2.09 bits per heavy atom. The van der Waals surface area contributed by atoms with Crippen LogP contribution in [-0.2, 0) is 0 Å². The van der Waals surface area contributed by atoms with Crippen LogP contribution in [0, 0.1) is 0 Å². The van der Waals surface area contributed by atoms with Crippen LogP contribution in [0.15, 0.2) is 30.3 Å². The van der Waals surface area contributed by atoms with Crippen LogP contribution in [0.2, 0.25) is 0 Å². The van der Waals surface area contributed by atoms with Gasteiger partial charge in [0.15, 0.2) is 0 Å². The number of rotatable bonds is 2. The molecule has 1 aromatic rings. The van der Waals surface area contributed by atoms with Crippen molar-refractivity contribution in [3.05, 3.63) is 35.9 Å². The summed E-state index contributed by atoms with van der Waals surface area (Å²) in [6.45, 7) is 0. The van der Waals surface area contributed by atoms with Crippen LogP contribution < -0.4 is 0 Å². The molecule has 60 valence electrons. The summed E-state index contributed by atoms with van der Waals surface area (Å²) in [6.07, 6.45) is 0. The van der Waals surface area contributed by atoms with E-state index in [1.165, 1.54) is 0 Å². The number of alkyl halides is 2. The molecule has 0 N–H and O–H groups in total. The molecule has 1 rings (SSSR count). The molecule has 0 amide bonds. The Bertz CT molecular complexity index is 211. The molecular formula is C8H8Cl2Se. The second-order valence-corrected chi connectivity index (χ2v) is 4.52. The minimum absolute atomic E-state index is 0.145. The van der Waals surface area contributed by atoms with Crippen LogP contribution in [0.4, 0.5) is 0 Å². The topological polar surface area (TPSA) is 0 Å². The molecule has 0 spiro atoms. The summed E-state index contributed by atoms with van der Waals surface area (Å²) < 4.78 is 0. The summed E-state index contributed by atoms with van der Waals surface area (Å²) in [5, 5.41) is 0. The second kappa shape index (κ2) is 4.37. The molecule has 0 heterocycles. The van der Waals surface area contributed by atoms with Crippen LogP contribution in [-0.4, -0.2) is 20.8 Å². The molecule has 0 bridgehead atoms. The number of benzene rings is 1. The van der Waals surface area contributed by atoms with Crippen molar-refractivity contribution in [1.29, 1.82) is 0 Å². The average Bonchev–Trinajstić information content (AvgIpc) is 2.05. The zero-order chi connectivity index (χ0) is 8.27. The maximum atomic E-state index is 5.71. The molecule has 0 aliphatic rings. The molecule has 0 nitrogen and oxygen atoms in total. The van der Waals surface area contributed by atoms with Gasteiger partial charge in [-0.15, -0.1) is 0 Å². The summed E-state index contributed by atoms with van der Waals surface area (Å²) in [4.78, 5) is -0.204. The fourth-order valence-corrected chi connectivity index (χ4v) is 1.45. The standard InChI is InChI=1S/C8H8Cl2Se/c9-8(10)7(11)6-4-2-1-3-5-6/h1-5,7-8,11H. The van der Waals surface area contributed by atoms with Crippen molar-refractivity contribution in [2.45, 2.75) is 9.65 Å². The van der Waals surface area contributed by atoms with E-state index < -0.39 is 0 Å². The van der Waals surface area contributed by atoms with Crippen LogP contribution in [0.5, 0.6) is 0 Å². The van der Waals surface area contributed by atoms with Gasteiger partial charge in [-0.3, -0.25) is 0 Å². The summed E-state index contributed by atoms with van der Waals surface area (Å²) in [6, 6.07) is 9.96. The first-order valence-corrected chi connectivity index (χ1v) is 5.18. The predicted molar refractivity (Wildman–Crippen MR) is 51.8 cm³/mol. The van der Waals surface area contributed by atoms with Gasteiger partial charge in [-0.05, 0) is 0 Å². The predicted octanol–water partition coefficient (Wildman–Crippen LogP) is 2.43. The first-order valence-electron chi connectivity index (χ1n) is 3.23. The van der Waals surface area contributed by atoms with Gasteiger partial charge in [0.05, 0.1) is 0 Å². The molecule has 1 unspecified atom stereocenters. The third-order valence-electron chi connectivity index (χ3n) is 1.38. The Balaban J connectivity index is 2.77. The molecule has 1 atom stereocenters. The van der Waals surface area contributed by atoms with E-state index in [-0.39, 0.29) is 9.65 Å².